The number of nitrogens with two attached hydrogens (primary N) is 1. The fraction of sp³-hybridized carbons (Fsp3) is 0.333. The first-order chi connectivity index (χ1) is 7.13. The van der Waals surface area contributed by atoms with E-state index < -0.39 is 0 Å². The van der Waals surface area contributed by atoms with Crippen LogP contribution in [0.15, 0.2) is 6.20 Å². The Labute approximate surface area is 87.1 Å². The highest BCUT2D eigenvalue weighted by atomic mass is 16.5. The Kier molecular flexibility index (Phi) is 2.11. The molecule has 0 aliphatic carbocycles. The van der Waals surface area contributed by atoms with Crippen molar-refractivity contribution in [1.29, 1.82) is 0 Å². The Morgan fingerprint density at radius 3 is 2.80 bits per heavy atom. The van der Waals surface area contributed by atoms with Gasteiger partial charge in [0.1, 0.15) is 0 Å². The van der Waals surface area contributed by atoms with E-state index in [0.29, 0.717) is 11.8 Å². The second-order valence-corrected chi connectivity index (χ2v) is 3.28. The standard InChI is InChI=1S/C9H13N5O/c1-5-7(6-4-11-9(10)12-6)8(15-3)14(2)13-5/h4H,1-3H3,(H3,10,11,12). The SMILES string of the molecule is COc1c(-c2cnc(N)[nH]2)c(C)nn1C. The van der Waals surface area contributed by atoms with Crippen molar-refractivity contribution in [3.8, 4) is 17.1 Å². The summed E-state index contributed by atoms with van der Waals surface area (Å²) >= 11 is 0. The highest BCUT2D eigenvalue weighted by molar-refractivity contribution is 5.68. The number of nitrogens with one attached hydrogen (secondary N) is 1. The summed E-state index contributed by atoms with van der Waals surface area (Å²) in [5.41, 5.74) is 8.11. The number of methoxy groups -OCH3 is 1. The number of rotatable bonds is 2. The molecule has 0 bridgehead atoms. The maximum Gasteiger partial charge on any atom is 0.221 e. The summed E-state index contributed by atoms with van der Waals surface area (Å²) in [6.45, 7) is 1.91. The zero-order valence-electron chi connectivity index (χ0n) is 8.90. The van der Waals surface area contributed by atoms with E-state index in [0.717, 1.165) is 17.0 Å². The summed E-state index contributed by atoms with van der Waals surface area (Å²) in [4.78, 5) is 6.90. The minimum Gasteiger partial charge on any atom is -0.481 e. The van der Waals surface area contributed by atoms with E-state index in [-0.39, 0.29) is 0 Å². The minimum atomic E-state index is 0.385. The topological polar surface area (TPSA) is 81.8 Å². The van der Waals surface area contributed by atoms with Gasteiger partial charge in [0.05, 0.1) is 30.3 Å². The molecule has 2 aromatic heterocycles. The van der Waals surface area contributed by atoms with Gasteiger partial charge in [-0.1, -0.05) is 0 Å². The quantitative estimate of drug-likeness (QED) is 0.759. The molecule has 0 aromatic carbocycles. The molecule has 15 heavy (non-hydrogen) atoms. The van der Waals surface area contributed by atoms with Crippen molar-refractivity contribution in [2.24, 2.45) is 7.05 Å². The molecule has 2 rings (SSSR count). The number of hydrogen-bond acceptors (Lipinski definition) is 4. The van der Waals surface area contributed by atoms with Gasteiger partial charge in [-0.25, -0.2) is 9.67 Å². The molecule has 0 amide bonds. The van der Waals surface area contributed by atoms with Crippen LogP contribution in [-0.4, -0.2) is 26.9 Å². The zero-order valence-corrected chi connectivity index (χ0v) is 8.90. The average Bonchev–Trinajstić information content (AvgIpc) is 2.70. The number of aromatic nitrogens is 4. The Balaban J connectivity index is 2.61. The second kappa shape index (κ2) is 3.30. The summed E-state index contributed by atoms with van der Waals surface area (Å²) in [5.74, 6) is 1.08. The van der Waals surface area contributed by atoms with E-state index >= 15 is 0 Å². The molecule has 0 saturated carbocycles. The largest absolute Gasteiger partial charge is 0.481 e. The van der Waals surface area contributed by atoms with Crippen LogP contribution in [0.5, 0.6) is 5.88 Å². The number of aromatic amines is 1. The van der Waals surface area contributed by atoms with Crippen LogP contribution in [0.2, 0.25) is 0 Å². The lowest BCUT2D eigenvalue weighted by Crippen LogP contribution is -1.95. The van der Waals surface area contributed by atoms with Crippen LogP contribution >= 0.6 is 0 Å². The van der Waals surface area contributed by atoms with Gasteiger partial charge >= 0.3 is 0 Å². The van der Waals surface area contributed by atoms with E-state index in [9.17, 15) is 0 Å². The average molecular weight is 207 g/mol. The van der Waals surface area contributed by atoms with Gasteiger partial charge in [-0.3, -0.25) is 0 Å². The number of H-pyrrole nitrogens is 1. The maximum atomic E-state index is 5.53. The van der Waals surface area contributed by atoms with Gasteiger partial charge in [0.15, 0.2) is 5.95 Å². The highest BCUT2D eigenvalue weighted by Crippen LogP contribution is 2.31. The molecule has 0 radical (unpaired) electrons. The van der Waals surface area contributed by atoms with Crippen LogP contribution in [0.25, 0.3) is 11.3 Å². The smallest absolute Gasteiger partial charge is 0.221 e. The fourth-order valence-electron chi connectivity index (χ4n) is 1.64. The molecule has 0 fully saturated rings. The summed E-state index contributed by atoms with van der Waals surface area (Å²) in [5, 5.41) is 4.27. The van der Waals surface area contributed by atoms with Crippen LogP contribution < -0.4 is 10.5 Å². The number of imidazole rings is 1. The van der Waals surface area contributed by atoms with Crippen molar-refractivity contribution < 1.29 is 4.74 Å². The van der Waals surface area contributed by atoms with Crippen molar-refractivity contribution in [3.05, 3.63) is 11.9 Å². The van der Waals surface area contributed by atoms with Crippen LogP contribution in [0.1, 0.15) is 5.69 Å². The summed E-state index contributed by atoms with van der Waals surface area (Å²) in [6, 6.07) is 0. The summed E-state index contributed by atoms with van der Waals surface area (Å²) in [6.07, 6.45) is 1.67. The lowest BCUT2D eigenvalue weighted by molar-refractivity contribution is 0.374. The number of nitrogens with zero attached hydrogens (tertiary/aromatic N) is 3. The number of ether oxygens (including phenoxy) is 1. The molecule has 0 saturated heterocycles. The first kappa shape index (κ1) is 9.57. The Hall–Kier alpha value is -1.98. The first-order valence-electron chi connectivity index (χ1n) is 4.52. The van der Waals surface area contributed by atoms with Crippen molar-refractivity contribution in [3.63, 3.8) is 0 Å². The predicted molar refractivity (Wildman–Crippen MR) is 56.5 cm³/mol. The molecule has 80 valence electrons. The van der Waals surface area contributed by atoms with Crippen molar-refractivity contribution >= 4 is 5.95 Å². The van der Waals surface area contributed by atoms with E-state index in [1.807, 2.05) is 14.0 Å². The molecule has 0 aliphatic rings. The van der Waals surface area contributed by atoms with Crippen LogP contribution in [0.4, 0.5) is 5.95 Å². The van der Waals surface area contributed by atoms with E-state index in [1.165, 1.54) is 0 Å². The highest BCUT2D eigenvalue weighted by Gasteiger charge is 2.17. The van der Waals surface area contributed by atoms with Gasteiger partial charge in [-0.15, -0.1) is 0 Å². The lowest BCUT2D eigenvalue weighted by atomic mass is 10.2. The zero-order chi connectivity index (χ0) is 11.0. The number of anilines is 1. The van der Waals surface area contributed by atoms with Crippen molar-refractivity contribution in [2.45, 2.75) is 6.92 Å². The van der Waals surface area contributed by atoms with E-state index in [4.69, 9.17) is 10.5 Å². The molecule has 2 aromatic rings. The third kappa shape index (κ3) is 1.43. The molecule has 6 nitrogen and oxygen atoms in total. The van der Waals surface area contributed by atoms with Crippen LogP contribution in [0.3, 0.4) is 0 Å². The van der Waals surface area contributed by atoms with Crippen molar-refractivity contribution in [1.82, 2.24) is 19.7 Å². The van der Waals surface area contributed by atoms with Gasteiger partial charge in [-0.2, -0.15) is 5.10 Å². The normalized spacial score (nSPS) is 10.6. The number of aryl methyl sites for hydroxylation is 2. The molecule has 3 N–H and O–H groups in total. The van der Waals surface area contributed by atoms with Gasteiger partial charge in [0.25, 0.3) is 0 Å². The lowest BCUT2D eigenvalue weighted by Gasteiger charge is -2.02. The third-order valence-corrected chi connectivity index (χ3v) is 2.23. The molecular formula is C9H13N5O. The predicted octanol–water partition coefficient (Wildman–Crippen LogP) is 0.709. The van der Waals surface area contributed by atoms with Gasteiger partial charge in [0.2, 0.25) is 5.88 Å². The molecule has 2 heterocycles. The molecule has 0 spiro atoms. The van der Waals surface area contributed by atoms with E-state index in [1.54, 1.807) is 18.0 Å². The Morgan fingerprint density at radius 1 is 1.53 bits per heavy atom. The number of hydrogen-bond donors (Lipinski definition) is 2. The Bertz CT molecular complexity index is 485. The van der Waals surface area contributed by atoms with Gasteiger partial charge in [-0.05, 0) is 6.92 Å². The fourth-order valence-corrected chi connectivity index (χ4v) is 1.64. The maximum absolute atomic E-state index is 5.53. The van der Waals surface area contributed by atoms with Crippen molar-refractivity contribution in [2.75, 3.05) is 12.8 Å². The molecular weight excluding hydrogens is 194 g/mol. The monoisotopic (exact) mass is 207 g/mol. The molecule has 0 unspecified atom stereocenters. The third-order valence-electron chi connectivity index (χ3n) is 2.23. The van der Waals surface area contributed by atoms with E-state index in [2.05, 4.69) is 15.1 Å². The van der Waals surface area contributed by atoms with Gasteiger partial charge < -0.3 is 15.5 Å². The Morgan fingerprint density at radius 2 is 2.27 bits per heavy atom. The van der Waals surface area contributed by atoms with Crippen LogP contribution in [-0.2, 0) is 7.05 Å². The first-order valence-corrected chi connectivity index (χ1v) is 4.52. The molecule has 6 heteroatoms. The summed E-state index contributed by atoms with van der Waals surface area (Å²) in [7, 11) is 3.44. The molecule has 0 aliphatic heterocycles. The molecule has 0 atom stereocenters. The summed E-state index contributed by atoms with van der Waals surface area (Å²) < 4.78 is 6.95. The van der Waals surface area contributed by atoms with Crippen LogP contribution in [0, 0.1) is 6.92 Å². The second-order valence-electron chi connectivity index (χ2n) is 3.28. The number of nitrogen functional groups attached to an aromatic ring is 1. The minimum absolute atomic E-state index is 0.385. The van der Waals surface area contributed by atoms with Gasteiger partial charge in [0, 0.05) is 7.05 Å².